The molecule has 0 saturated heterocycles. The molecule has 7 heteroatoms. The van der Waals surface area contributed by atoms with Crippen LogP contribution in [0.25, 0.3) is 0 Å². The van der Waals surface area contributed by atoms with Gasteiger partial charge < -0.3 is 18.9 Å². The van der Waals surface area contributed by atoms with E-state index in [1.165, 1.54) is 31.8 Å². The van der Waals surface area contributed by atoms with Gasteiger partial charge in [0.25, 0.3) is 0 Å². The van der Waals surface area contributed by atoms with E-state index in [0.29, 0.717) is 43.3 Å². The highest BCUT2D eigenvalue weighted by atomic mass is 16.5. The highest BCUT2D eigenvalue weighted by Crippen LogP contribution is 2.41. The van der Waals surface area contributed by atoms with Crippen LogP contribution in [0.3, 0.4) is 0 Å². The Morgan fingerprint density at radius 2 is 1.38 bits per heavy atom. The molecular weight excluding hydrogens is 508 g/mol. The first-order valence-corrected chi connectivity index (χ1v) is 15.5. The van der Waals surface area contributed by atoms with Crippen LogP contribution in [-0.2, 0) is 33.3 Å². The summed E-state index contributed by atoms with van der Waals surface area (Å²) in [4.78, 5) is 35.0. The quantitative estimate of drug-likeness (QED) is 0.102. The summed E-state index contributed by atoms with van der Waals surface area (Å²) in [5.74, 6) is 1.65. The van der Waals surface area contributed by atoms with Crippen LogP contribution in [0.15, 0.2) is 37.0 Å². The van der Waals surface area contributed by atoms with Gasteiger partial charge in [0, 0.05) is 24.1 Å². The normalized spacial score (nSPS) is 28.9. The zero-order valence-electron chi connectivity index (χ0n) is 24.5. The molecule has 0 aromatic carbocycles. The minimum atomic E-state index is -0.370. The van der Waals surface area contributed by atoms with Crippen LogP contribution in [0.2, 0.25) is 0 Å². The van der Waals surface area contributed by atoms with Crippen LogP contribution in [0.1, 0.15) is 96.8 Å². The highest BCUT2D eigenvalue weighted by Gasteiger charge is 2.31. The Morgan fingerprint density at radius 1 is 0.750 bits per heavy atom. The Bertz CT molecular complexity index is 854. The molecule has 0 N–H and O–H groups in total. The minimum absolute atomic E-state index is 0.00182. The van der Waals surface area contributed by atoms with Gasteiger partial charge in [-0.15, -0.1) is 0 Å². The maximum absolute atomic E-state index is 12.4. The van der Waals surface area contributed by atoms with E-state index in [2.05, 4.69) is 19.2 Å². The van der Waals surface area contributed by atoms with Crippen molar-refractivity contribution in [3.63, 3.8) is 0 Å². The van der Waals surface area contributed by atoms with Gasteiger partial charge in [-0.05, 0) is 114 Å². The summed E-state index contributed by atoms with van der Waals surface area (Å²) in [6.07, 6.45) is 20.1. The molecule has 3 saturated carbocycles. The van der Waals surface area contributed by atoms with Crippen LogP contribution in [-0.4, -0.2) is 49.9 Å². The second kappa shape index (κ2) is 17.4. The fourth-order valence-electron chi connectivity index (χ4n) is 6.47. The van der Waals surface area contributed by atoms with Gasteiger partial charge in [0.1, 0.15) is 6.10 Å². The van der Waals surface area contributed by atoms with Crippen molar-refractivity contribution < 1.29 is 33.3 Å². The maximum Gasteiger partial charge on any atom is 0.333 e. The smallest absolute Gasteiger partial charge is 0.333 e. The maximum atomic E-state index is 12.4. The Morgan fingerprint density at radius 3 is 2.00 bits per heavy atom. The monoisotopic (exact) mass is 558 g/mol. The lowest BCUT2D eigenvalue weighted by Crippen LogP contribution is -2.28. The van der Waals surface area contributed by atoms with Crippen LogP contribution in [0, 0.1) is 23.7 Å². The van der Waals surface area contributed by atoms with E-state index in [1.54, 1.807) is 13.0 Å². The molecule has 0 spiro atoms. The van der Waals surface area contributed by atoms with Gasteiger partial charge in [-0.25, -0.2) is 14.4 Å². The molecule has 3 rings (SSSR count). The zero-order chi connectivity index (χ0) is 28.7. The molecule has 40 heavy (non-hydrogen) atoms. The topological polar surface area (TPSA) is 88.1 Å². The predicted molar refractivity (Wildman–Crippen MR) is 154 cm³/mol. The van der Waals surface area contributed by atoms with Crippen molar-refractivity contribution in [1.82, 2.24) is 0 Å². The molecular formula is C33H50O7. The van der Waals surface area contributed by atoms with Crippen molar-refractivity contribution in [3.05, 3.63) is 37.0 Å². The molecule has 224 valence electrons. The van der Waals surface area contributed by atoms with Crippen molar-refractivity contribution in [2.75, 3.05) is 19.8 Å². The first-order valence-electron chi connectivity index (χ1n) is 15.5. The number of ether oxygens (including phenoxy) is 4. The Hall–Kier alpha value is -2.41. The Balaban J connectivity index is 1.22. The fourth-order valence-corrected chi connectivity index (χ4v) is 6.47. The third-order valence-electron chi connectivity index (χ3n) is 8.94. The Kier molecular flexibility index (Phi) is 14.0. The molecule has 3 fully saturated rings. The van der Waals surface area contributed by atoms with Gasteiger partial charge in [-0.3, -0.25) is 0 Å². The number of hydrogen-bond acceptors (Lipinski definition) is 7. The van der Waals surface area contributed by atoms with Crippen molar-refractivity contribution in [2.45, 2.75) is 109 Å². The van der Waals surface area contributed by atoms with Gasteiger partial charge in [-0.2, -0.15) is 0 Å². The number of esters is 3. The lowest BCUT2D eigenvalue weighted by atomic mass is 9.70. The molecule has 0 bridgehead atoms. The Labute approximate surface area is 240 Å². The third-order valence-corrected chi connectivity index (χ3v) is 8.94. The minimum Gasteiger partial charge on any atom is -0.463 e. The van der Waals surface area contributed by atoms with E-state index in [-0.39, 0.29) is 24.0 Å². The fraction of sp³-hybridized carbons (Fsp3) is 0.727. The number of allylic oxidation sites excluding steroid dienone is 1. The second-order valence-corrected chi connectivity index (χ2v) is 12.0. The largest absolute Gasteiger partial charge is 0.463 e. The number of rotatable bonds is 14. The average Bonchev–Trinajstić information content (AvgIpc) is 2.97. The number of hydrogen-bond donors (Lipinski definition) is 0. The summed E-state index contributed by atoms with van der Waals surface area (Å²) in [7, 11) is 0. The third kappa shape index (κ3) is 11.6. The average molecular weight is 559 g/mol. The summed E-state index contributed by atoms with van der Waals surface area (Å²) in [5.41, 5.74) is 0.431. The van der Waals surface area contributed by atoms with Crippen molar-refractivity contribution in [1.29, 1.82) is 0 Å². The van der Waals surface area contributed by atoms with Gasteiger partial charge >= 0.3 is 17.9 Å². The van der Waals surface area contributed by atoms with E-state index in [0.717, 1.165) is 76.0 Å². The van der Waals surface area contributed by atoms with Gasteiger partial charge in [0.2, 0.25) is 0 Å². The lowest BCUT2D eigenvalue weighted by Gasteiger charge is -2.37. The van der Waals surface area contributed by atoms with E-state index in [4.69, 9.17) is 18.9 Å². The lowest BCUT2D eigenvalue weighted by molar-refractivity contribution is -0.145. The van der Waals surface area contributed by atoms with Crippen LogP contribution < -0.4 is 0 Å². The zero-order valence-corrected chi connectivity index (χ0v) is 24.5. The summed E-state index contributed by atoms with van der Waals surface area (Å²) in [6.45, 7) is 10.1. The molecule has 3 aliphatic rings. The van der Waals surface area contributed by atoms with Gasteiger partial charge in [0.15, 0.2) is 0 Å². The molecule has 0 aliphatic heterocycles. The van der Waals surface area contributed by atoms with Gasteiger partial charge in [-0.1, -0.05) is 19.2 Å². The molecule has 0 aromatic rings. The van der Waals surface area contributed by atoms with E-state index in [9.17, 15) is 14.4 Å². The van der Waals surface area contributed by atoms with E-state index in [1.807, 2.05) is 0 Å². The molecule has 0 unspecified atom stereocenters. The summed E-state index contributed by atoms with van der Waals surface area (Å²) in [5, 5.41) is 0. The van der Waals surface area contributed by atoms with E-state index >= 15 is 0 Å². The van der Waals surface area contributed by atoms with Crippen molar-refractivity contribution in [3.8, 4) is 0 Å². The van der Waals surface area contributed by atoms with Gasteiger partial charge in [0.05, 0.1) is 25.9 Å². The summed E-state index contributed by atoms with van der Waals surface area (Å²) >= 11 is 0. The molecule has 0 atom stereocenters. The number of carbonyl (C=O) groups excluding carboxylic acids is 3. The highest BCUT2D eigenvalue weighted by molar-refractivity contribution is 5.86. The molecule has 3 aliphatic carbocycles. The second-order valence-electron chi connectivity index (χ2n) is 12.0. The standard InChI is InChI=1S/C33H50O7/c1-4-31(34)38-23-20-26-8-15-30(16-9-26)40-32(35)19-10-25-6-11-27(12-7-25)28-13-17-29(18-14-28)37-21-5-22-39-33(36)24(2)3/h4,10,19,25-30H,1-2,5-9,11-18,20-23H2,3H3/b19-10+. The first kappa shape index (κ1) is 32.1. The van der Waals surface area contributed by atoms with Crippen molar-refractivity contribution >= 4 is 17.9 Å². The predicted octanol–water partition coefficient (Wildman–Crippen LogP) is 6.66. The van der Waals surface area contributed by atoms with Crippen LogP contribution in [0.5, 0.6) is 0 Å². The molecule has 7 nitrogen and oxygen atoms in total. The molecule has 0 heterocycles. The van der Waals surface area contributed by atoms with Crippen LogP contribution >= 0.6 is 0 Å². The SMILES string of the molecule is C=CC(=O)OCCC1CCC(OC(=O)/C=C/C2CCC(C3CCC(OCCCOC(=O)C(=C)C)CC3)CC2)CC1. The molecule has 0 amide bonds. The molecule has 0 radical (unpaired) electrons. The van der Waals surface area contributed by atoms with Crippen LogP contribution in [0.4, 0.5) is 0 Å². The number of carbonyl (C=O) groups is 3. The van der Waals surface area contributed by atoms with Crippen molar-refractivity contribution in [2.24, 2.45) is 23.7 Å². The summed E-state index contributed by atoms with van der Waals surface area (Å²) in [6, 6.07) is 0. The van der Waals surface area contributed by atoms with E-state index < -0.39 is 0 Å². The summed E-state index contributed by atoms with van der Waals surface area (Å²) < 4.78 is 22.0. The molecule has 0 aromatic heterocycles. The first-order chi connectivity index (χ1) is 19.3.